The van der Waals surface area contributed by atoms with Gasteiger partial charge in [-0.05, 0) is 25.1 Å². The molecule has 1 aromatic carbocycles. The second kappa shape index (κ2) is 4.90. The molecule has 1 saturated heterocycles. The van der Waals surface area contributed by atoms with Gasteiger partial charge in [-0.15, -0.1) is 0 Å². The van der Waals surface area contributed by atoms with Crippen LogP contribution >= 0.6 is 11.6 Å². The molecule has 1 heterocycles. The standard InChI is InChI=1S/C12H14ClNO3S/c1-9-8-18(16,17)5-4-14(9)11-3-2-10(7-15)12(13)6-11/h2-3,6-7,9H,4-5,8H2,1H3. The summed E-state index contributed by atoms with van der Waals surface area (Å²) < 4.78 is 23.0. The molecular weight excluding hydrogens is 274 g/mol. The van der Waals surface area contributed by atoms with E-state index >= 15 is 0 Å². The maximum Gasteiger partial charge on any atom is 0.154 e. The SMILES string of the molecule is CC1CS(=O)(=O)CCN1c1ccc(C=O)c(Cl)c1. The Morgan fingerprint density at radius 1 is 1.44 bits per heavy atom. The number of nitrogens with zero attached hydrogens (tertiary/aromatic N) is 1. The highest BCUT2D eigenvalue weighted by atomic mass is 35.5. The summed E-state index contributed by atoms with van der Waals surface area (Å²) in [5.41, 5.74) is 1.30. The zero-order valence-corrected chi connectivity index (χ0v) is 11.5. The van der Waals surface area contributed by atoms with Crippen molar-refractivity contribution in [1.29, 1.82) is 0 Å². The van der Waals surface area contributed by atoms with Crippen molar-refractivity contribution < 1.29 is 13.2 Å². The van der Waals surface area contributed by atoms with E-state index < -0.39 is 9.84 Å². The van der Waals surface area contributed by atoms with Crippen LogP contribution in [-0.2, 0) is 9.84 Å². The van der Waals surface area contributed by atoms with Gasteiger partial charge in [0.25, 0.3) is 0 Å². The van der Waals surface area contributed by atoms with Crippen molar-refractivity contribution in [3.05, 3.63) is 28.8 Å². The van der Waals surface area contributed by atoms with E-state index in [2.05, 4.69) is 0 Å². The zero-order valence-electron chi connectivity index (χ0n) is 9.97. The van der Waals surface area contributed by atoms with Crippen LogP contribution in [0.5, 0.6) is 0 Å². The van der Waals surface area contributed by atoms with Gasteiger partial charge in [-0.1, -0.05) is 11.6 Å². The number of rotatable bonds is 2. The van der Waals surface area contributed by atoms with Crippen molar-refractivity contribution in [2.75, 3.05) is 23.0 Å². The second-order valence-corrected chi connectivity index (χ2v) is 7.12. The van der Waals surface area contributed by atoms with Crippen LogP contribution in [0.1, 0.15) is 17.3 Å². The number of benzene rings is 1. The summed E-state index contributed by atoms with van der Waals surface area (Å²) in [5.74, 6) is 0.310. The molecule has 0 aliphatic carbocycles. The lowest BCUT2D eigenvalue weighted by Gasteiger charge is -2.35. The van der Waals surface area contributed by atoms with Crippen LogP contribution in [-0.4, -0.2) is 38.8 Å². The maximum atomic E-state index is 11.5. The third-order valence-corrected chi connectivity index (χ3v) is 5.24. The number of sulfone groups is 1. The molecule has 1 fully saturated rings. The van der Waals surface area contributed by atoms with E-state index in [-0.39, 0.29) is 17.5 Å². The average Bonchev–Trinajstić information content (AvgIpc) is 2.27. The van der Waals surface area contributed by atoms with Crippen LogP contribution in [0.25, 0.3) is 0 Å². The molecule has 1 aromatic rings. The summed E-state index contributed by atoms with van der Waals surface area (Å²) in [6, 6.07) is 5.08. The van der Waals surface area contributed by atoms with Gasteiger partial charge in [0.05, 0.1) is 16.5 Å². The van der Waals surface area contributed by atoms with Crippen molar-refractivity contribution in [2.24, 2.45) is 0 Å². The fourth-order valence-corrected chi connectivity index (χ4v) is 3.95. The summed E-state index contributed by atoms with van der Waals surface area (Å²) in [4.78, 5) is 12.7. The predicted octanol–water partition coefficient (Wildman–Crippen LogP) is 1.78. The van der Waals surface area contributed by atoms with Crippen LogP contribution in [0.2, 0.25) is 5.02 Å². The van der Waals surface area contributed by atoms with Crippen LogP contribution in [0.15, 0.2) is 18.2 Å². The molecule has 6 heteroatoms. The Morgan fingerprint density at radius 2 is 2.17 bits per heavy atom. The number of carbonyl (C=O) groups excluding carboxylic acids is 1. The van der Waals surface area contributed by atoms with Crippen molar-refractivity contribution in [2.45, 2.75) is 13.0 Å². The summed E-state index contributed by atoms with van der Waals surface area (Å²) in [6.45, 7) is 2.33. The Kier molecular flexibility index (Phi) is 3.64. The first kappa shape index (κ1) is 13.4. The molecule has 0 radical (unpaired) electrons. The first-order valence-corrected chi connectivity index (χ1v) is 7.85. The molecule has 1 aliphatic rings. The molecule has 0 aromatic heterocycles. The molecule has 4 nitrogen and oxygen atoms in total. The van der Waals surface area contributed by atoms with Gasteiger partial charge in [-0.3, -0.25) is 4.79 Å². The van der Waals surface area contributed by atoms with Crippen molar-refractivity contribution in [3.63, 3.8) is 0 Å². The molecule has 2 rings (SSSR count). The number of anilines is 1. The van der Waals surface area contributed by atoms with Gasteiger partial charge in [0.1, 0.15) is 0 Å². The highest BCUT2D eigenvalue weighted by Crippen LogP contribution is 2.26. The topological polar surface area (TPSA) is 54.5 Å². The number of hydrogen-bond acceptors (Lipinski definition) is 4. The Labute approximate surface area is 111 Å². The Balaban J connectivity index is 2.27. The van der Waals surface area contributed by atoms with E-state index in [1.54, 1.807) is 18.2 Å². The number of halogens is 1. The molecule has 0 amide bonds. The normalized spacial score (nSPS) is 22.8. The lowest BCUT2D eigenvalue weighted by Crippen LogP contribution is -2.47. The van der Waals surface area contributed by atoms with E-state index in [1.165, 1.54) is 0 Å². The van der Waals surface area contributed by atoms with Crippen molar-refractivity contribution in [3.8, 4) is 0 Å². The lowest BCUT2D eigenvalue weighted by molar-refractivity contribution is 0.112. The molecule has 0 bridgehead atoms. The van der Waals surface area contributed by atoms with Gasteiger partial charge in [-0.25, -0.2) is 8.42 Å². The quantitative estimate of drug-likeness (QED) is 0.778. The molecule has 1 atom stereocenters. The first-order chi connectivity index (χ1) is 8.43. The van der Waals surface area contributed by atoms with Gasteiger partial charge in [0.15, 0.2) is 16.1 Å². The first-order valence-electron chi connectivity index (χ1n) is 5.65. The Morgan fingerprint density at radius 3 is 2.72 bits per heavy atom. The van der Waals surface area contributed by atoms with Gasteiger partial charge in [0, 0.05) is 23.8 Å². The van der Waals surface area contributed by atoms with Crippen LogP contribution in [0.4, 0.5) is 5.69 Å². The number of aldehydes is 1. The largest absolute Gasteiger partial charge is 0.367 e. The van der Waals surface area contributed by atoms with Gasteiger partial charge >= 0.3 is 0 Å². The fourth-order valence-electron chi connectivity index (χ4n) is 2.17. The highest BCUT2D eigenvalue weighted by molar-refractivity contribution is 7.91. The van der Waals surface area contributed by atoms with E-state index in [9.17, 15) is 13.2 Å². The van der Waals surface area contributed by atoms with E-state index in [0.717, 1.165) is 5.69 Å². The molecule has 1 unspecified atom stereocenters. The van der Waals surface area contributed by atoms with Crippen molar-refractivity contribution >= 4 is 33.4 Å². The maximum absolute atomic E-state index is 11.5. The smallest absolute Gasteiger partial charge is 0.154 e. The van der Waals surface area contributed by atoms with E-state index in [0.29, 0.717) is 23.4 Å². The minimum absolute atomic E-state index is 0.0816. The summed E-state index contributed by atoms with van der Waals surface area (Å²) in [7, 11) is -2.93. The predicted molar refractivity (Wildman–Crippen MR) is 72.3 cm³/mol. The monoisotopic (exact) mass is 287 g/mol. The third-order valence-electron chi connectivity index (χ3n) is 3.11. The second-order valence-electron chi connectivity index (χ2n) is 4.48. The van der Waals surface area contributed by atoms with Crippen molar-refractivity contribution in [1.82, 2.24) is 0 Å². The minimum atomic E-state index is -2.93. The fraction of sp³-hybridized carbons (Fsp3) is 0.417. The van der Waals surface area contributed by atoms with Crippen LogP contribution < -0.4 is 4.90 Å². The summed E-state index contributed by atoms with van der Waals surface area (Å²) >= 11 is 5.98. The highest BCUT2D eigenvalue weighted by Gasteiger charge is 2.28. The molecular formula is C12H14ClNO3S. The third kappa shape index (κ3) is 2.67. The zero-order chi connectivity index (χ0) is 13.3. The van der Waals surface area contributed by atoms with E-state index in [4.69, 9.17) is 11.6 Å². The molecule has 1 aliphatic heterocycles. The van der Waals surface area contributed by atoms with Gasteiger partial charge in [0.2, 0.25) is 0 Å². The Hall–Kier alpha value is -1.07. The molecule has 0 N–H and O–H groups in total. The van der Waals surface area contributed by atoms with Crippen LogP contribution in [0, 0.1) is 0 Å². The lowest BCUT2D eigenvalue weighted by atomic mass is 10.2. The summed E-state index contributed by atoms with van der Waals surface area (Å²) in [5, 5.41) is 0.392. The van der Waals surface area contributed by atoms with Gasteiger partial charge < -0.3 is 4.90 Å². The van der Waals surface area contributed by atoms with E-state index in [1.807, 2.05) is 11.8 Å². The molecule has 98 valence electrons. The summed E-state index contributed by atoms with van der Waals surface area (Å²) in [6.07, 6.45) is 0.705. The number of hydrogen-bond donors (Lipinski definition) is 0. The molecule has 0 spiro atoms. The Bertz CT molecular complexity index is 571. The average molecular weight is 288 g/mol. The van der Waals surface area contributed by atoms with Crippen LogP contribution in [0.3, 0.4) is 0 Å². The van der Waals surface area contributed by atoms with Gasteiger partial charge in [-0.2, -0.15) is 0 Å². The number of carbonyl (C=O) groups is 1. The minimum Gasteiger partial charge on any atom is -0.367 e. The molecule has 18 heavy (non-hydrogen) atoms. The molecule has 0 saturated carbocycles.